The Balaban J connectivity index is 1.50. The maximum Gasteiger partial charge on any atom is 0.317 e. The standard InChI is InChI=1S/C18H18F2N4O3/c19-14-9-13(10-15(20)11-14)12-21-18(25)23-7-5-22(6-8-23)16-1-3-17(4-2-16)24(26)27/h1-4,9-11H,5-8,12H2,(H,21,25). The van der Waals surface area contributed by atoms with Gasteiger partial charge in [-0.2, -0.15) is 0 Å². The molecular weight excluding hydrogens is 358 g/mol. The summed E-state index contributed by atoms with van der Waals surface area (Å²) >= 11 is 0. The van der Waals surface area contributed by atoms with Crippen molar-refractivity contribution in [2.45, 2.75) is 6.54 Å². The Morgan fingerprint density at radius 2 is 1.63 bits per heavy atom. The molecule has 0 radical (unpaired) electrons. The van der Waals surface area contributed by atoms with Crippen molar-refractivity contribution in [1.29, 1.82) is 0 Å². The summed E-state index contributed by atoms with van der Waals surface area (Å²) in [7, 11) is 0. The fraction of sp³-hybridized carbons (Fsp3) is 0.278. The quantitative estimate of drug-likeness (QED) is 0.657. The third kappa shape index (κ3) is 4.69. The van der Waals surface area contributed by atoms with E-state index in [1.165, 1.54) is 24.3 Å². The highest BCUT2D eigenvalue weighted by Crippen LogP contribution is 2.20. The van der Waals surface area contributed by atoms with Crippen LogP contribution in [-0.2, 0) is 6.54 Å². The molecule has 1 fully saturated rings. The lowest BCUT2D eigenvalue weighted by atomic mass is 10.2. The van der Waals surface area contributed by atoms with Gasteiger partial charge in [0.25, 0.3) is 5.69 Å². The van der Waals surface area contributed by atoms with E-state index in [-0.39, 0.29) is 18.3 Å². The molecule has 2 amide bonds. The van der Waals surface area contributed by atoms with Crippen LogP contribution in [0.5, 0.6) is 0 Å². The average molecular weight is 376 g/mol. The van der Waals surface area contributed by atoms with Gasteiger partial charge in [0.1, 0.15) is 11.6 Å². The maximum absolute atomic E-state index is 13.2. The summed E-state index contributed by atoms with van der Waals surface area (Å²) in [5.41, 5.74) is 1.24. The number of nitro groups is 1. The summed E-state index contributed by atoms with van der Waals surface area (Å²) in [4.78, 5) is 26.2. The molecule has 7 nitrogen and oxygen atoms in total. The fourth-order valence-corrected chi connectivity index (χ4v) is 2.96. The number of piperazine rings is 1. The maximum atomic E-state index is 13.2. The third-order valence-corrected chi connectivity index (χ3v) is 4.36. The molecule has 0 unspecified atom stereocenters. The topological polar surface area (TPSA) is 78.7 Å². The molecule has 1 aliphatic heterocycles. The van der Waals surface area contributed by atoms with E-state index < -0.39 is 16.6 Å². The van der Waals surface area contributed by atoms with Gasteiger partial charge in [0.05, 0.1) is 4.92 Å². The van der Waals surface area contributed by atoms with Gasteiger partial charge in [-0.05, 0) is 29.8 Å². The van der Waals surface area contributed by atoms with Gasteiger partial charge in [0.15, 0.2) is 0 Å². The highest BCUT2D eigenvalue weighted by Gasteiger charge is 2.21. The lowest BCUT2D eigenvalue weighted by Crippen LogP contribution is -2.51. The summed E-state index contributed by atoms with van der Waals surface area (Å²) < 4.78 is 26.3. The van der Waals surface area contributed by atoms with Gasteiger partial charge in [0, 0.05) is 56.6 Å². The number of carbonyl (C=O) groups is 1. The Morgan fingerprint density at radius 1 is 1.04 bits per heavy atom. The molecule has 1 aliphatic rings. The minimum Gasteiger partial charge on any atom is -0.368 e. The molecule has 2 aromatic rings. The number of benzene rings is 2. The van der Waals surface area contributed by atoms with Crippen LogP contribution in [0.15, 0.2) is 42.5 Å². The van der Waals surface area contributed by atoms with Crippen molar-refractivity contribution in [3.8, 4) is 0 Å². The molecule has 0 spiro atoms. The summed E-state index contributed by atoms with van der Waals surface area (Å²) in [5.74, 6) is -1.37. The second-order valence-corrected chi connectivity index (χ2v) is 6.18. The zero-order valence-corrected chi connectivity index (χ0v) is 14.4. The predicted molar refractivity (Wildman–Crippen MR) is 95.5 cm³/mol. The summed E-state index contributed by atoms with van der Waals surface area (Å²) in [6.07, 6.45) is 0. The number of anilines is 1. The van der Waals surface area contributed by atoms with E-state index in [9.17, 15) is 23.7 Å². The second kappa shape index (κ2) is 7.98. The number of halogens is 2. The summed E-state index contributed by atoms with van der Waals surface area (Å²) in [6, 6.07) is 9.11. The SMILES string of the molecule is O=C(NCc1cc(F)cc(F)c1)N1CCN(c2ccc([N+](=O)[O-])cc2)CC1. The van der Waals surface area contributed by atoms with Gasteiger partial charge in [-0.3, -0.25) is 10.1 Å². The fourth-order valence-electron chi connectivity index (χ4n) is 2.96. The van der Waals surface area contributed by atoms with Crippen LogP contribution in [0, 0.1) is 21.7 Å². The molecule has 2 aromatic carbocycles. The number of amides is 2. The number of hydrogen-bond acceptors (Lipinski definition) is 4. The van der Waals surface area contributed by atoms with Gasteiger partial charge < -0.3 is 15.1 Å². The van der Waals surface area contributed by atoms with Crippen molar-refractivity contribution in [3.05, 3.63) is 69.8 Å². The Bertz CT molecular complexity index is 817. The molecule has 1 saturated heterocycles. The van der Waals surface area contributed by atoms with Crippen LogP contribution in [0.4, 0.5) is 25.0 Å². The van der Waals surface area contributed by atoms with Crippen molar-refractivity contribution < 1.29 is 18.5 Å². The van der Waals surface area contributed by atoms with Gasteiger partial charge in [-0.25, -0.2) is 13.6 Å². The zero-order valence-electron chi connectivity index (χ0n) is 14.4. The summed E-state index contributed by atoms with van der Waals surface area (Å²) in [6.45, 7) is 2.15. The number of carbonyl (C=O) groups excluding carboxylic acids is 1. The number of nitrogens with zero attached hydrogens (tertiary/aromatic N) is 3. The molecule has 1 N–H and O–H groups in total. The molecule has 0 aliphatic carbocycles. The minimum absolute atomic E-state index is 0.0329. The normalized spacial score (nSPS) is 14.1. The zero-order chi connectivity index (χ0) is 19.4. The second-order valence-electron chi connectivity index (χ2n) is 6.18. The molecule has 0 atom stereocenters. The highest BCUT2D eigenvalue weighted by atomic mass is 19.1. The number of hydrogen-bond donors (Lipinski definition) is 1. The molecular formula is C18H18F2N4O3. The van der Waals surface area contributed by atoms with E-state index in [1.54, 1.807) is 17.0 Å². The van der Waals surface area contributed by atoms with Crippen molar-refractivity contribution >= 4 is 17.4 Å². The molecule has 0 aromatic heterocycles. The van der Waals surface area contributed by atoms with Crippen LogP contribution in [0.2, 0.25) is 0 Å². The Hall–Kier alpha value is -3.23. The lowest BCUT2D eigenvalue weighted by Gasteiger charge is -2.36. The predicted octanol–water partition coefficient (Wildman–Crippen LogP) is 2.90. The van der Waals surface area contributed by atoms with E-state index in [2.05, 4.69) is 5.32 Å². The highest BCUT2D eigenvalue weighted by molar-refractivity contribution is 5.74. The molecule has 142 valence electrons. The number of urea groups is 1. The third-order valence-electron chi connectivity index (χ3n) is 4.36. The van der Waals surface area contributed by atoms with Crippen molar-refractivity contribution in [3.63, 3.8) is 0 Å². The summed E-state index contributed by atoms with van der Waals surface area (Å²) in [5, 5.41) is 13.4. The van der Waals surface area contributed by atoms with E-state index in [0.29, 0.717) is 31.7 Å². The van der Waals surface area contributed by atoms with Crippen LogP contribution in [-0.4, -0.2) is 42.0 Å². The molecule has 27 heavy (non-hydrogen) atoms. The van der Waals surface area contributed by atoms with E-state index in [4.69, 9.17) is 0 Å². The Labute approximate surface area is 154 Å². The van der Waals surface area contributed by atoms with Crippen LogP contribution >= 0.6 is 0 Å². The Kier molecular flexibility index (Phi) is 5.49. The van der Waals surface area contributed by atoms with E-state index in [1.807, 2.05) is 4.90 Å². The van der Waals surface area contributed by atoms with E-state index >= 15 is 0 Å². The molecule has 9 heteroatoms. The Morgan fingerprint density at radius 3 is 2.19 bits per heavy atom. The first-order valence-corrected chi connectivity index (χ1v) is 8.39. The monoisotopic (exact) mass is 376 g/mol. The lowest BCUT2D eigenvalue weighted by molar-refractivity contribution is -0.384. The van der Waals surface area contributed by atoms with Gasteiger partial charge in [-0.15, -0.1) is 0 Å². The number of rotatable bonds is 4. The first-order valence-electron chi connectivity index (χ1n) is 8.39. The van der Waals surface area contributed by atoms with Crippen molar-refractivity contribution in [2.24, 2.45) is 0 Å². The first kappa shape index (κ1) is 18.6. The van der Waals surface area contributed by atoms with Crippen LogP contribution < -0.4 is 10.2 Å². The number of nitro benzene ring substituents is 1. The van der Waals surface area contributed by atoms with Crippen LogP contribution in [0.25, 0.3) is 0 Å². The van der Waals surface area contributed by atoms with E-state index in [0.717, 1.165) is 11.8 Å². The average Bonchev–Trinajstić information content (AvgIpc) is 2.65. The number of nitrogens with one attached hydrogen (secondary N) is 1. The minimum atomic E-state index is -0.684. The van der Waals surface area contributed by atoms with Gasteiger partial charge in [0.2, 0.25) is 0 Å². The molecule has 3 rings (SSSR count). The molecule has 0 bridgehead atoms. The van der Waals surface area contributed by atoms with Crippen molar-refractivity contribution in [2.75, 3.05) is 31.1 Å². The molecule has 1 heterocycles. The molecule has 0 saturated carbocycles. The van der Waals surface area contributed by atoms with Crippen LogP contribution in [0.3, 0.4) is 0 Å². The van der Waals surface area contributed by atoms with Gasteiger partial charge >= 0.3 is 6.03 Å². The van der Waals surface area contributed by atoms with Crippen LogP contribution in [0.1, 0.15) is 5.56 Å². The first-order chi connectivity index (χ1) is 12.9. The van der Waals surface area contributed by atoms with Crippen molar-refractivity contribution in [1.82, 2.24) is 10.2 Å². The number of non-ortho nitro benzene ring substituents is 1. The smallest absolute Gasteiger partial charge is 0.317 e. The van der Waals surface area contributed by atoms with Gasteiger partial charge in [-0.1, -0.05) is 0 Å². The largest absolute Gasteiger partial charge is 0.368 e.